The van der Waals surface area contributed by atoms with Crippen LogP contribution < -0.4 is 10.00 Å². The summed E-state index contributed by atoms with van der Waals surface area (Å²) in [6.07, 6.45) is 1.52. The Kier molecular flexibility index (Phi) is 1.61. The van der Waals surface area contributed by atoms with Crippen molar-refractivity contribution in [2.45, 2.75) is 0 Å². The molecule has 0 aliphatic heterocycles. The van der Waals surface area contributed by atoms with Gasteiger partial charge >= 0.3 is 5.65 Å². The predicted molar refractivity (Wildman–Crippen MR) is 47.0 cm³/mol. The van der Waals surface area contributed by atoms with E-state index >= 15 is 0 Å². The van der Waals surface area contributed by atoms with Crippen molar-refractivity contribution in [1.82, 2.24) is 19.9 Å². The van der Waals surface area contributed by atoms with Crippen LogP contribution >= 0.6 is 0 Å². The lowest BCUT2D eigenvalue weighted by Crippen LogP contribution is -2.31. The third-order valence-electron chi connectivity index (χ3n) is 1.94. The molecular weight excluding hydrogens is 168 g/mol. The number of anilines is 1. The molecule has 0 saturated heterocycles. The van der Waals surface area contributed by atoms with Crippen LogP contribution in [0.3, 0.4) is 0 Å². The molecule has 6 heteroatoms. The topological polar surface area (TPSA) is 59.5 Å². The molecule has 2 aromatic rings. The number of aromatic nitrogens is 5. The van der Waals surface area contributed by atoms with E-state index in [9.17, 15) is 0 Å². The zero-order chi connectivity index (χ0) is 9.42. The predicted octanol–water partition coefficient (Wildman–Crippen LogP) is -0.771. The summed E-state index contributed by atoms with van der Waals surface area (Å²) in [7, 11) is 5.55. The second-order valence-corrected chi connectivity index (χ2v) is 2.78. The van der Waals surface area contributed by atoms with Crippen LogP contribution in [0.4, 0.5) is 5.82 Å². The van der Waals surface area contributed by atoms with E-state index in [-0.39, 0.29) is 0 Å². The van der Waals surface area contributed by atoms with Crippen LogP contribution in [0.5, 0.6) is 0 Å². The standard InChI is InChI=1S/C7H11N6/c1-8-6-5-7(10-4-9-6)13(3)11-12(5)2/h4H,1-3H3,(H,8,9,10)/q+1. The van der Waals surface area contributed by atoms with Crippen LogP contribution in [0.15, 0.2) is 6.33 Å². The van der Waals surface area contributed by atoms with Crippen LogP contribution in [0.1, 0.15) is 0 Å². The van der Waals surface area contributed by atoms with Gasteiger partial charge in [-0.05, 0) is 0 Å². The zero-order valence-corrected chi connectivity index (χ0v) is 7.81. The number of hydrogen-bond donors (Lipinski definition) is 1. The maximum absolute atomic E-state index is 4.19. The van der Waals surface area contributed by atoms with E-state index in [4.69, 9.17) is 0 Å². The first-order valence-electron chi connectivity index (χ1n) is 3.96. The van der Waals surface area contributed by atoms with Gasteiger partial charge in [-0.2, -0.15) is 9.67 Å². The van der Waals surface area contributed by atoms with E-state index in [1.165, 1.54) is 6.33 Å². The number of fused-ring (bicyclic) bond motifs is 1. The molecule has 0 saturated carbocycles. The maximum atomic E-state index is 4.19. The first-order chi connectivity index (χ1) is 6.24. The van der Waals surface area contributed by atoms with E-state index in [0.29, 0.717) is 0 Å². The number of rotatable bonds is 1. The average molecular weight is 179 g/mol. The Hall–Kier alpha value is -1.72. The van der Waals surface area contributed by atoms with Gasteiger partial charge in [0.15, 0.2) is 12.1 Å². The van der Waals surface area contributed by atoms with E-state index in [1.807, 2.05) is 21.1 Å². The minimum absolute atomic E-state index is 0.792. The molecular formula is C7H11N6+. The highest BCUT2D eigenvalue weighted by Gasteiger charge is 2.17. The summed E-state index contributed by atoms with van der Waals surface area (Å²) >= 11 is 0. The molecule has 2 heterocycles. The lowest BCUT2D eigenvalue weighted by molar-refractivity contribution is -0.710. The van der Waals surface area contributed by atoms with Crippen molar-refractivity contribution < 1.29 is 4.68 Å². The molecule has 2 aromatic heterocycles. The largest absolute Gasteiger partial charge is 0.370 e. The van der Waals surface area contributed by atoms with E-state index in [2.05, 4.69) is 20.5 Å². The molecule has 0 atom stereocenters. The highest BCUT2D eigenvalue weighted by Crippen LogP contribution is 2.13. The molecule has 1 N–H and O–H groups in total. The summed E-state index contributed by atoms with van der Waals surface area (Å²) in [5.41, 5.74) is 1.73. The summed E-state index contributed by atoms with van der Waals surface area (Å²) < 4.78 is 3.47. The van der Waals surface area contributed by atoms with Gasteiger partial charge in [0.1, 0.15) is 0 Å². The van der Waals surface area contributed by atoms with Crippen LogP contribution in [-0.4, -0.2) is 26.9 Å². The van der Waals surface area contributed by atoms with Crippen LogP contribution in [0.25, 0.3) is 11.2 Å². The van der Waals surface area contributed by atoms with Gasteiger partial charge in [-0.25, -0.2) is 0 Å². The van der Waals surface area contributed by atoms with Gasteiger partial charge in [-0.3, -0.25) is 0 Å². The van der Waals surface area contributed by atoms with Crippen molar-refractivity contribution in [3.8, 4) is 0 Å². The molecule has 0 aliphatic carbocycles. The number of hydrogen-bond acceptors (Lipinski definition) is 4. The summed E-state index contributed by atoms with van der Waals surface area (Å²) in [4.78, 5) is 8.24. The Labute approximate surface area is 75.2 Å². The molecule has 0 fully saturated rings. The fourth-order valence-electron chi connectivity index (χ4n) is 1.38. The van der Waals surface area contributed by atoms with Crippen molar-refractivity contribution in [2.24, 2.45) is 14.1 Å². The van der Waals surface area contributed by atoms with Crippen molar-refractivity contribution in [3.63, 3.8) is 0 Å². The van der Waals surface area contributed by atoms with E-state index < -0.39 is 0 Å². The molecule has 0 aliphatic rings. The zero-order valence-electron chi connectivity index (χ0n) is 7.81. The first kappa shape index (κ1) is 7.90. The van der Waals surface area contributed by atoms with Crippen molar-refractivity contribution >= 4 is 17.0 Å². The summed E-state index contributed by atoms with van der Waals surface area (Å²) in [6.45, 7) is 0. The van der Waals surface area contributed by atoms with Crippen molar-refractivity contribution in [3.05, 3.63) is 6.33 Å². The molecule has 0 radical (unpaired) electrons. The molecule has 2 rings (SSSR count). The van der Waals surface area contributed by atoms with Crippen LogP contribution in [0.2, 0.25) is 0 Å². The van der Waals surface area contributed by atoms with Gasteiger partial charge in [0, 0.05) is 12.3 Å². The lowest BCUT2D eigenvalue weighted by Gasteiger charge is -1.94. The van der Waals surface area contributed by atoms with E-state index in [0.717, 1.165) is 17.0 Å². The van der Waals surface area contributed by atoms with Crippen LogP contribution in [-0.2, 0) is 14.1 Å². The molecule has 68 valence electrons. The number of nitrogens with one attached hydrogen (secondary N) is 1. The minimum Gasteiger partial charge on any atom is -0.370 e. The molecule has 0 aromatic carbocycles. The molecule has 6 nitrogen and oxygen atoms in total. The van der Waals surface area contributed by atoms with Crippen molar-refractivity contribution in [1.29, 1.82) is 0 Å². The highest BCUT2D eigenvalue weighted by atomic mass is 15.5. The number of nitrogens with zero attached hydrogens (tertiary/aromatic N) is 5. The summed E-state index contributed by atoms with van der Waals surface area (Å²) in [5.74, 6) is 0.792. The smallest absolute Gasteiger partial charge is 0.328 e. The fourth-order valence-corrected chi connectivity index (χ4v) is 1.38. The second kappa shape index (κ2) is 2.65. The molecule has 0 spiro atoms. The second-order valence-electron chi connectivity index (χ2n) is 2.78. The Morgan fingerprint density at radius 3 is 2.92 bits per heavy atom. The molecule has 0 amide bonds. The summed E-state index contributed by atoms with van der Waals surface area (Å²) in [5, 5.41) is 7.19. The lowest BCUT2D eigenvalue weighted by atomic mass is 10.5. The molecule has 0 unspecified atom stereocenters. The van der Waals surface area contributed by atoms with Crippen molar-refractivity contribution in [2.75, 3.05) is 12.4 Å². The third kappa shape index (κ3) is 1.02. The molecule has 0 bridgehead atoms. The van der Waals surface area contributed by atoms with Crippen LogP contribution in [0, 0.1) is 0 Å². The monoisotopic (exact) mass is 179 g/mol. The third-order valence-corrected chi connectivity index (χ3v) is 1.94. The van der Waals surface area contributed by atoms with Gasteiger partial charge in [0.2, 0.25) is 5.52 Å². The van der Waals surface area contributed by atoms with Gasteiger partial charge in [0.25, 0.3) is 0 Å². The first-order valence-corrected chi connectivity index (χ1v) is 3.96. The maximum Gasteiger partial charge on any atom is 0.328 e. The minimum atomic E-state index is 0.792. The van der Waals surface area contributed by atoms with Gasteiger partial charge < -0.3 is 5.32 Å². The quantitative estimate of drug-likeness (QED) is 0.584. The number of aryl methyl sites for hydroxylation is 2. The fraction of sp³-hybridized carbons (Fsp3) is 0.429. The Morgan fingerprint density at radius 1 is 1.46 bits per heavy atom. The SMILES string of the molecule is CNc1ncnc2c1n(C)n[n+]2C. The molecule has 13 heavy (non-hydrogen) atoms. The van der Waals surface area contributed by atoms with Gasteiger partial charge in [0.05, 0.1) is 14.1 Å². The average Bonchev–Trinajstić information content (AvgIpc) is 2.43. The van der Waals surface area contributed by atoms with E-state index in [1.54, 1.807) is 9.36 Å². The Morgan fingerprint density at radius 2 is 2.23 bits per heavy atom. The Balaban J connectivity index is 2.88. The van der Waals surface area contributed by atoms with Gasteiger partial charge in [-0.15, -0.1) is 4.68 Å². The normalized spacial score (nSPS) is 10.7. The summed E-state index contributed by atoms with van der Waals surface area (Å²) in [6, 6.07) is 0. The highest BCUT2D eigenvalue weighted by molar-refractivity contribution is 5.79. The van der Waals surface area contributed by atoms with Gasteiger partial charge in [-0.1, -0.05) is 4.98 Å². The Bertz CT molecular complexity index is 445.